The minimum Gasteiger partial charge on any atom is -0.472 e. The summed E-state index contributed by atoms with van der Waals surface area (Å²) >= 11 is 1.44. The first kappa shape index (κ1) is 21.3. The second kappa shape index (κ2) is 10.4. The minimum absolute atomic E-state index is 0.330. The van der Waals surface area contributed by atoms with Crippen LogP contribution in [-0.4, -0.2) is 28.8 Å². The Morgan fingerprint density at radius 2 is 1.80 bits per heavy atom. The number of carbonyl (C=O) groups is 1. The normalized spacial score (nSPS) is 10.3. The molecule has 0 saturated heterocycles. The summed E-state index contributed by atoms with van der Waals surface area (Å²) in [7, 11) is 0. The monoisotopic (exact) mass is 419 g/mol. The van der Waals surface area contributed by atoms with E-state index in [4.69, 9.17) is 14.7 Å². The molecule has 3 rings (SSSR count). The highest BCUT2D eigenvalue weighted by atomic mass is 32.2. The van der Waals surface area contributed by atoms with E-state index in [-0.39, 0.29) is 5.97 Å². The van der Waals surface area contributed by atoms with Gasteiger partial charge in [0.15, 0.2) is 5.16 Å². The highest BCUT2D eigenvalue weighted by Gasteiger charge is 2.11. The summed E-state index contributed by atoms with van der Waals surface area (Å²) in [5, 5.41) is 9.55. The Bertz CT molecular complexity index is 1040. The lowest BCUT2D eigenvalue weighted by atomic mass is 10.1. The number of nitriles is 1. The second-order valence-corrected chi connectivity index (χ2v) is 7.15. The number of hydrogen-bond donors (Lipinski definition) is 0. The van der Waals surface area contributed by atoms with E-state index in [1.54, 1.807) is 37.4 Å². The Morgan fingerprint density at radius 1 is 1.10 bits per heavy atom. The lowest BCUT2D eigenvalue weighted by molar-refractivity contribution is 0.0526. The fourth-order valence-corrected chi connectivity index (χ4v) is 3.07. The van der Waals surface area contributed by atoms with E-state index >= 15 is 0 Å². The van der Waals surface area contributed by atoms with Gasteiger partial charge in [0.05, 0.1) is 23.8 Å². The van der Waals surface area contributed by atoms with Gasteiger partial charge in [-0.15, -0.1) is 0 Å². The van der Waals surface area contributed by atoms with Gasteiger partial charge in [-0.3, -0.25) is 0 Å². The van der Waals surface area contributed by atoms with E-state index < -0.39 is 0 Å². The van der Waals surface area contributed by atoms with Crippen molar-refractivity contribution in [2.24, 2.45) is 0 Å². The van der Waals surface area contributed by atoms with Crippen LogP contribution in [0.15, 0.2) is 59.9 Å². The number of carbonyl (C=O) groups excluding carboxylic acids is 1. The Kier molecular flexibility index (Phi) is 7.41. The third-order valence-electron chi connectivity index (χ3n) is 4.30. The largest absolute Gasteiger partial charge is 0.472 e. The van der Waals surface area contributed by atoms with E-state index in [1.807, 2.05) is 30.5 Å². The molecule has 0 fully saturated rings. The van der Waals surface area contributed by atoms with E-state index in [9.17, 15) is 4.79 Å². The number of rotatable bonds is 8. The summed E-state index contributed by atoms with van der Waals surface area (Å²) < 4.78 is 11.0. The molecule has 0 amide bonds. The van der Waals surface area contributed by atoms with Crippen molar-refractivity contribution in [2.75, 3.05) is 12.9 Å². The molecule has 0 radical (unpaired) electrons. The molecule has 0 spiro atoms. The van der Waals surface area contributed by atoms with Gasteiger partial charge in [0, 0.05) is 18.2 Å². The van der Waals surface area contributed by atoms with Gasteiger partial charge in [-0.25, -0.2) is 9.78 Å². The van der Waals surface area contributed by atoms with Gasteiger partial charge in [0.2, 0.25) is 5.88 Å². The van der Waals surface area contributed by atoms with Crippen molar-refractivity contribution in [1.82, 2.24) is 9.97 Å². The second-order valence-electron chi connectivity index (χ2n) is 6.38. The number of aromatic nitrogens is 2. The Balaban J connectivity index is 1.75. The molecule has 0 atom stereocenters. The lowest BCUT2D eigenvalue weighted by Gasteiger charge is -2.12. The zero-order valence-corrected chi connectivity index (χ0v) is 17.6. The van der Waals surface area contributed by atoms with Crippen LogP contribution in [0.4, 0.5) is 0 Å². The fraction of sp³-hybridized carbons (Fsp3) is 0.217. The van der Waals surface area contributed by atoms with Crippen molar-refractivity contribution >= 4 is 17.7 Å². The minimum atomic E-state index is -0.330. The third kappa shape index (κ3) is 5.58. The standard InChI is InChI=1S/C23H21N3O3S/c1-3-28-22(27)19-10-8-16(9-11-19)12-20-14-25-23(30-2)26-21(20)29-15-18-6-4-17(13-24)5-7-18/h4-11,14H,3,12,15H2,1-2H3. The van der Waals surface area contributed by atoms with Gasteiger partial charge >= 0.3 is 5.97 Å². The van der Waals surface area contributed by atoms with Crippen molar-refractivity contribution in [2.45, 2.75) is 25.1 Å². The highest BCUT2D eigenvalue weighted by molar-refractivity contribution is 7.98. The summed E-state index contributed by atoms with van der Waals surface area (Å²) in [6.07, 6.45) is 4.25. The van der Waals surface area contributed by atoms with Crippen molar-refractivity contribution in [1.29, 1.82) is 5.26 Å². The van der Waals surface area contributed by atoms with Crippen molar-refractivity contribution in [3.05, 3.63) is 82.5 Å². The van der Waals surface area contributed by atoms with Crippen LogP contribution in [0.3, 0.4) is 0 Å². The molecule has 3 aromatic rings. The highest BCUT2D eigenvalue weighted by Crippen LogP contribution is 2.23. The van der Waals surface area contributed by atoms with Crippen LogP contribution in [0.2, 0.25) is 0 Å². The van der Waals surface area contributed by atoms with E-state index in [0.29, 0.717) is 41.8 Å². The maximum atomic E-state index is 11.8. The summed E-state index contributed by atoms with van der Waals surface area (Å²) in [6.45, 7) is 2.47. The van der Waals surface area contributed by atoms with Gasteiger partial charge in [-0.05, 0) is 48.6 Å². The van der Waals surface area contributed by atoms with E-state index in [1.165, 1.54) is 11.8 Å². The molecule has 0 saturated carbocycles. The maximum absolute atomic E-state index is 11.8. The number of thioether (sulfide) groups is 1. The molecule has 0 N–H and O–H groups in total. The van der Waals surface area contributed by atoms with Gasteiger partial charge < -0.3 is 9.47 Å². The molecule has 6 nitrogen and oxygen atoms in total. The first-order chi connectivity index (χ1) is 14.6. The Labute approximate surface area is 179 Å². The maximum Gasteiger partial charge on any atom is 0.338 e. The van der Waals surface area contributed by atoms with Crippen LogP contribution in [0, 0.1) is 11.3 Å². The first-order valence-electron chi connectivity index (χ1n) is 9.40. The SMILES string of the molecule is CCOC(=O)c1ccc(Cc2cnc(SC)nc2OCc2ccc(C#N)cc2)cc1. The van der Waals surface area contributed by atoms with E-state index in [2.05, 4.69) is 16.0 Å². The molecule has 1 heterocycles. The lowest BCUT2D eigenvalue weighted by Crippen LogP contribution is -2.05. The third-order valence-corrected chi connectivity index (χ3v) is 4.87. The van der Waals surface area contributed by atoms with Gasteiger partial charge in [-0.1, -0.05) is 36.0 Å². The van der Waals surface area contributed by atoms with Crippen LogP contribution in [0.25, 0.3) is 0 Å². The Morgan fingerprint density at radius 3 is 2.43 bits per heavy atom. The molecule has 30 heavy (non-hydrogen) atoms. The Hall–Kier alpha value is -3.37. The van der Waals surface area contributed by atoms with Crippen LogP contribution >= 0.6 is 11.8 Å². The van der Waals surface area contributed by atoms with Gasteiger partial charge in [0.1, 0.15) is 6.61 Å². The molecule has 0 aliphatic rings. The zero-order valence-electron chi connectivity index (χ0n) is 16.8. The van der Waals surface area contributed by atoms with Crippen LogP contribution in [0.5, 0.6) is 5.88 Å². The van der Waals surface area contributed by atoms with Crippen LogP contribution in [-0.2, 0) is 17.8 Å². The number of hydrogen-bond acceptors (Lipinski definition) is 7. The quantitative estimate of drug-likeness (QED) is 0.304. The van der Waals surface area contributed by atoms with Crippen molar-refractivity contribution in [3.63, 3.8) is 0 Å². The smallest absolute Gasteiger partial charge is 0.338 e. The van der Waals surface area contributed by atoms with E-state index in [0.717, 1.165) is 16.7 Å². The summed E-state index contributed by atoms with van der Waals surface area (Å²) in [4.78, 5) is 20.7. The van der Waals surface area contributed by atoms with Gasteiger partial charge in [0.25, 0.3) is 0 Å². The number of ether oxygens (including phenoxy) is 2. The predicted molar refractivity (Wildman–Crippen MR) is 115 cm³/mol. The molecule has 0 bridgehead atoms. The number of nitrogens with zero attached hydrogens (tertiary/aromatic N) is 3. The summed E-state index contributed by atoms with van der Waals surface area (Å²) in [5.74, 6) is 0.191. The zero-order chi connectivity index (χ0) is 21.3. The topological polar surface area (TPSA) is 85.1 Å². The molecule has 2 aromatic carbocycles. The first-order valence-corrected chi connectivity index (χ1v) is 10.6. The molecular weight excluding hydrogens is 398 g/mol. The predicted octanol–water partition coefficient (Wildman–Crippen LogP) is 4.42. The summed E-state index contributed by atoms with van der Waals surface area (Å²) in [5.41, 5.74) is 3.93. The average Bonchev–Trinajstić information content (AvgIpc) is 2.79. The fourth-order valence-electron chi connectivity index (χ4n) is 2.74. The van der Waals surface area contributed by atoms with Crippen LogP contribution in [0.1, 0.15) is 39.5 Å². The van der Waals surface area contributed by atoms with Gasteiger partial charge in [-0.2, -0.15) is 10.2 Å². The molecule has 7 heteroatoms. The molecule has 152 valence electrons. The number of benzene rings is 2. The van der Waals surface area contributed by atoms with Crippen molar-refractivity contribution < 1.29 is 14.3 Å². The van der Waals surface area contributed by atoms with Crippen molar-refractivity contribution in [3.8, 4) is 11.9 Å². The average molecular weight is 420 g/mol. The molecule has 0 aliphatic heterocycles. The number of esters is 1. The molecular formula is C23H21N3O3S. The molecule has 0 aliphatic carbocycles. The van der Waals surface area contributed by atoms with Crippen LogP contribution < -0.4 is 4.74 Å². The summed E-state index contributed by atoms with van der Waals surface area (Å²) in [6, 6.07) is 16.6. The molecule has 1 aromatic heterocycles. The molecule has 0 unspecified atom stereocenters.